The van der Waals surface area contributed by atoms with Gasteiger partial charge in [-0.3, -0.25) is 4.68 Å². The molecule has 0 atom stereocenters. The molecule has 2 rings (SSSR count). The van der Waals surface area contributed by atoms with Crippen molar-refractivity contribution < 1.29 is 0 Å². The smallest absolute Gasteiger partial charge is 0.0539 e. The van der Waals surface area contributed by atoms with Crippen molar-refractivity contribution in [3.05, 3.63) is 42.0 Å². The molecule has 4 nitrogen and oxygen atoms in total. The maximum atomic E-state index is 4.20. The minimum atomic E-state index is 0.687. The number of rotatable bonds is 6. The molecule has 2 aromatic rings. The molecular formula is C14H22N4. The first-order chi connectivity index (χ1) is 8.65. The van der Waals surface area contributed by atoms with Crippen molar-refractivity contribution in [3.8, 4) is 0 Å². The van der Waals surface area contributed by atoms with Crippen LogP contribution in [0.15, 0.2) is 30.7 Å². The normalized spacial score (nSPS) is 11.3. The average Bonchev–Trinajstić information content (AvgIpc) is 2.89. The van der Waals surface area contributed by atoms with E-state index in [0.29, 0.717) is 5.92 Å². The molecule has 0 aliphatic carbocycles. The summed E-state index contributed by atoms with van der Waals surface area (Å²) in [7, 11) is 1.95. The van der Waals surface area contributed by atoms with Crippen LogP contribution in [-0.2, 0) is 20.1 Å². The Kier molecular flexibility index (Phi) is 4.20. The summed E-state index contributed by atoms with van der Waals surface area (Å²) in [5, 5.41) is 7.68. The van der Waals surface area contributed by atoms with Crippen molar-refractivity contribution >= 4 is 0 Å². The molecule has 0 fully saturated rings. The Balaban J connectivity index is 1.95. The number of hydrogen-bond donors (Lipinski definition) is 1. The van der Waals surface area contributed by atoms with Crippen LogP contribution in [0.5, 0.6) is 0 Å². The molecule has 1 N–H and O–H groups in total. The quantitative estimate of drug-likeness (QED) is 0.846. The van der Waals surface area contributed by atoms with Gasteiger partial charge in [-0.15, -0.1) is 0 Å². The van der Waals surface area contributed by atoms with Gasteiger partial charge in [-0.25, -0.2) is 0 Å². The second-order valence-electron chi connectivity index (χ2n) is 5.17. The maximum Gasteiger partial charge on any atom is 0.0539 e. The van der Waals surface area contributed by atoms with E-state index in [0.717, 1.165) is 19.6 Å². The molecule has 2 aromatic heterocycles. The Morgan fingerprint density at radius 3 is 2.89 bits per heavy atom. The van der Waals surface area contributed by atoms with Crippen LogP contribution < -0.4 is 5.32 Å². The van der Waals surface area contributed by atoms with E-state index >= 15 is 0 Å². The zero-order valence-corrected chi connectivity index (χ0v) is 11.4. The summed E-state index contributed by atoms with van der Waals surface area (Å²) >= 11 is 0. The predicted molar refractivity (Wildman–Crippen MR) is 73.3 cm³/mol. The molecule has 0 spiro atoms. The first kappa shape index (κ1) is 12.9. The third kappa shape index (κ3) is 3.47. The van der Waals surface area contributed by atoms with E-state index in [4.69, 9.17) is 0 Å². The molecule has 0 aromatic carbocycles. The van der Waals surface area contributed by atoms with Crippen molar-refractivity contribution in [2.24, 2.45) is 13.0 Å². The zero-order chi connectivity index (χ0) is 13.0. The first-order valence-corrected chi connectivity index (χ1v) is 6.47. The van der Waals surface area contributed by atoms with Crippen LogP contribution >= 0.6 is 0 Å². The highest BCUT2D eigenvalue weighted by Gasteiger charge is 2.03. The lowest BCUT2D eigenvalue weighted by Gasteiger charge is -2.10. The lowest BCUT2D eigenvalue weighted by Crippen LogP contribution is -2.20. The van der Waals surface area contributed by atoms with Crippen LogP contribution in [0.3, 0.4) is 0 Å². The van der Waals surface area contributed by atoms with Gasteiger partial charge in [0.2, 0.25) is 0 Å². The van der Waals surface area contributed by atoms with Gasteiger partial charge < -0.3 is 9.88 Å². The van der Waals surface area contributed by atoms with E-state index in [1.807, 2.05) is 17.9 Å². The summed E-state index contributed by atoms with van der Waals surface area (Å²) in [5.74, 6) is 0.687. The van der Waals surface area contributed by atoms with E-state index in [9.17, 15) is 0 Å². The van der Waals surface area contributed by atoms with Crippen LogP contribution in [0.25, 0.3) is 0 Å². The van der Waals surface area contributed by atoms with Gasteiger partial charge in [0.05, 0.1) is 12.7 Å². The monoisotopic (exact) mass is 246 g/mol. The second kappa shape index (κ2) is 5.87. The third-order valence-corrected chi connectivity index (χ3v) is 2.89. The lowest BCUT2D eigenvalue weighted by atomic mass is 10.2. The van der Waals surface area contributed by atoms with Crippen LogP contribution in [0.4, 0.5) is 0 Å². The summed E-state index contributed by atoms with van der Waals surface area (Å²) in [6.07, 6.45) is 6.11. The highest BCUT2D eigenvalue weighted by Crippen LogP contribution is 2.07. The van der Waals surface area contributed by atoms with Crippen molar-refractivity contribution in [3.63, 3.8) is 0 Å². The summed E-state index contributed by atoms with van der Waals surface area (Å²) in [6.45, 7) is 7.31. The van der Waals surface area contributed by atoms with Gasteiger partial charge in [-0.1, -0.05) is 13.8 Å². The fourth-order valence-electron chi connectivity index (χ4n) is 2.00. The van der Waals surface area contributed by atoms with Gasteiger partial charge in [0, 0.05) is 37.2 Å². The van der Waals surface area contributed by atoms with Gasteiger partial charge in [-0.05, 0) is 24.6 Å². The Morgan fingerprint density at radius 2 is 2.22 bits per heavy atom. The first-order valence-electron chi connectivity index (χ1n) is 6.47. The SMILES string of the molecule is CC(C)CNCc1cccn1Cc1cnn(C)c1. The second-order valence-corrected chi connectivity index (χ2v) is 5.17. The predicted octanol–water partition coefficient (Wildman–Crippen LogP) is 2.02. The van der Waals surface area contributed by atoms with Crippen molar-refractivity contribution in [1.29, 1.82) is 0 Å². The van der Waals surface area contributed by atoms with Gasteiger partial charge in [0.15, 0.2) is 0 Å². The van der Waals surface area contributed by atoms with Crippen molar-refractivity contribution in [2.75, 3.05) is 6.54 Å². The van der Waals surface area contributed by atoms with E-state index in [2.05, 4.69) is 53.4 Å². The summed E-state index contributed by atoms with van der Waals surface area (Å²) in [6, 6.07) is 4.27. The number of nitrogens with zero attached hydrogens (tertiary/aromatic N) is 3. The third-order valence-electron chi connectivity index (χ3n) is 2.89. The van der Waals surface area contributed by atoms with Gasteiger partial charge in [-0.2, -0.15) is 5.10 Å². The highest BCUT2D eigenvalue weighted by molar-refractivity contribution is 5.12. The summed E-state index contributed by atoms with van der Waals surface area (Å²) in [4.78, 5) is 0. The average molecular weight is 246 g/mol. The van der Waals surface area contributed by atoms with Crippen LogP contribution in [0.2, 0.25) is 0 Å². The number of hydrogen-bond acceptors (Lipinski definition) is 2. The Hall–Kier alpha value is -1.55. The molecule has 0 saturated heterocycles. The van der Waals surface area contributed by atoms with Gasteiger partial charge >= 0.3 is 0 Å². The number of nitrogens with one attached hydrogen (secondary N) is 1. The van der Waals surface area contributed by atoms with Gasteiger partial charge in [0.1, 0.15) is 0 Å². The molecule has 0 aliphatic rings. The molecule has 0 unspecified atom stereocenters. The van der Waals surface area contributed by atoms with Crippen molar-refractivity contribution in [2.45, 2.75) is 26.9 Å². The fraction of sp³-hybridized carbons (Fsp3) is 0.500. The maximum absolute atomic E-state index is 4.20. The minimum Gasteiger partial charge on any atom is -0.346 e. The van der Waals surface area contributed by atoms with Gasteiger partial charge in [0.25, 0.3) is 0 Å². The molecule has 0 radical (unpaired) electrons. The topological polar surface area (TPSA) is 34.8 Å². The highest BCUT2D eigenvalue weighted by atomic mass is 15.2. The van der Waals surface area contributed by atoms with Crippen LogP contribution in [0.1, 0.15) is 25.1 Å². The van der Waals surface area contributed by atoms with E-state index in [-0.39, 0.29) is 0 Å². The minimum absolute atomic E-state index is 0.687. The fourth-order valence-corrected chi connectivity index (χ4v) is 2.00. The Morgan fingerprint density at radius 1 is 1.39 bits per heavy atom. The Labute approximate surface area is 109 Å². The molecule has 0 saturated carbocycles. The summed E-state index contributed by atoms with van der Waals surface area (Å²) in [5.41, 5.74) is 2.55. The molecule has 98 valence electrons. The standard InChI is InChI=1S/C14H22N4/c1-12(2)7-15-9-14-5-4-6-18(14)11-13-8-16-17(3)10-13/h4-6,8,10,12,15H,7,9,11H2,1-3H3. The van der Waals surface area contributed by atoms with Crippen molar-refractivity contribution in [1.82, 2.24) is 19.7 Å². The van der Waals surface area contributed by atoms with E-state index in [1.54, 1.807) is 0 Å². The van der Waals surface area contributed by atoms with Crippen LogP contribution in [0, 0.1) is 5.92 Å². The zero-order valence-electron chi connectivity index (χ0n) is 11.4. The lowest BCUT2D eigenvalue weighted by molar-refractivity contribution is 0.539. The molecule has 2 heterocycles. The molecule has 18 heavy (non-hydrogen) atoms. The Bertz CT molecular complexity index is 481. The number of aryl methyl sites for hydroxylation is 1. The largest absolute Gasteiger partial charge is 0.346 e. The van der Waals surface area contributed by atoms with E-state index in [1.165, 1.54) is 11.3 Å². The molecule has 0 bridgehead atoms. The van der Waals surface area contributed by atoms with E-state index < -0.39 is 0 Å². The molecule has 0 aliphatic heterocycles. The summed E-state index contributed by atoms with van der Waals surface area (Å²) < 4.78 is 4.11. The van der Waals surface area contributed by atoms with Crippen LogP contribution in [-0.4, -0.2) is 20.9 Å². The number of aromatic nitrogens is 3. The molecular weight excluding hydrogens is 224 g/mol. The molecule has 4 heteroatoms. The molecule has 0 amide bonds.